The van der Waals surface area contributed by atoms with Gasteiger partial charge in [-0.05, 0) is 20.8 Å². The Hall–Kier alpha value is -1.17. The van der Waals surface area contributed by atoms with Crippen LogP contribution in [0.3, 0.4) is 0 Å². The van der Waals surface area contributed by atoms with Gasteiger partial charge >= 0.3 is 0 Å². The Morgan fingerprint density at radius 3 is 2.44 bits per heavy atom. The molecule has 0 amide bonds. The van der Waals surface area contributed by atoms with Crippen LogP contribution in [0.15, 0.2) is 6.20 Å². The monoisotopic (exact) mass is 254 g/mol. The first-order valence-corrected chi connectivity index (χ1v) is 5.93. The van der Waals surface area contributed by atoms with Gasteiger partial charge in [-0.25, -0.2) is 0 Å². The normalized spacial score (nSPS) is 11.7. The average Bonchev–Trinajstić information content (AvgIpc) is 2.38. The molecule has 0 radical (unpaired) electrons. The third-order valence-electron chi connectivity index (χ3n) is 3.13. The quantitative estimate of drug-likeness (QED) is 0.691. The molecule has 0 aliphatic heterocycles. The van der Waals surface area contributed by atoms with Gasteiger partial charge in [-0.1, -0.05) is 0 Å². The fourth-order valence-electron chi connectivity index (χ4n) is 1.71. The zero-order valence-electron chi connectivity index (χ0n) is 11.4. The number of nitrogens with zero attached hydrogens (tertiary/aromatic N) is 1. The number of rotatable bonds is 6. The number of hydrogen-bond donors (Lipinski definition) is 3. The van der Waals surface area contributed by atoms with E-state index in [-0.39, 0.29) is 13.2 Å². The molecule has 0 aromatic carbocycles. The number of aliphatic hydroxyl groups excluding tert-OH is 2. The van der Waals surface area contributed by atoms with E-state index in [1.54, 1.807) is 20.2 Å². The molecule has 1 rings (SSSR count). The van der Waals surface area contributed by atoms with Gasteiger partial charge in [-0.15, -0.1) is 0 Å². The maximum atomic E-state index is 9.21. The fraction of sp³-hybridized carbons (Fsp3) is 0.615. The van der Waals surface area contributed by atoms with E-state index in [1.807, 2.05) is 13.8 Å². The Kier molecular flexibility index (Phi) is 5.07. The molecule has 5 heteroatoms. The molecule has 18 heavy (non-hydrogen) atoms. The summed E-state index contributed by atoms with van der Waals surface area (Å²) >= 11 is 0. The lowest BCUT2D eigenvalue weighted by Gasteiger charge is -2.26. The van der Waals surface area contributed by atoms with Crippen molar-refractivity contribution in [3.63, 3.8) is 0 Å². The lowest BCUT2D eigenvalue weighted by Crippen LogP contribution is -2.48. The largest absolute Gasteiger partial charge is 0.496 e. The van der Waals surface area contributed by atoms with E-state index in [0.29, 0.717) is 6.54 Å². The van der Waals surface area contributed by atoms with Crippen molar-refractivity contribution >= 4 is 0 Å². The first-order chi connectivity index (χ1) is 8.47. The van der Waals surface area contributed by atoms with Gasteiger partial charge in [0.15, 0.2) is 0 Å². The highest BCUT2D eigenvalue weighted by Gasteiger charge is 2.22. The van der Waals surface area contributed by atoms with Gasteiger partial charge in [0.25, 0.3) is 0 Å². The van der Waals surface area contributed by atoms with Crippen LogP contribution in [0.1, 0.15) is 23.7 Å². The second-order valence-electron chi connectivity index (χ2n) is 4.78. The maximum Gasteiger partial charge on any atom is 0.128 e. The van der Waals surface area contributed by atoms with Gasteiger partial charge in [0.05, 0.1) is 31.6 Å². The molecule has 0 atom stereocenters. The standard InChI is InChI=1S/C13H22N2O3/c1-9-5-14-11(10(2)12(9)18-4)6-15-13(3,7-16)8-17/h5,15-17H,6-8H2,1-4H3. The maximum absolute atomic E-state index is 9.21. The summed E-state index contributed by atoms with van der Waals surface area (Å²) in [6.07, 6.45) is 1.76. The Balaban J connectivity index is 2.86. The molecule has 0 spiro atoms. The molecular weight excluding hydrogens is 232 g/mol. The number of hydrogen-bond acceptors (Lipinski definition) is 5. The topological polar surface area (TPSA) is 74.6 Å². The molecule has 0 bridgehead atoms. The second kappa shape index (κ2) is 6.13. The summed E-state index contributed by atoms with van der Waals surface area (Å²) in [5, 5.41) is 21.5. The van der Waals surface area contributed by atoms with Crippen molar-refractivity contribution in [2.75, 3.05) is 20.3 Å². The molecule has 1 heterocycles. The van der Waals surface area contributed by atoms with Crippen LogP contribution in [0.4, 0.5) is 0 Å². The molecule has 5 nitrogen and oxygen atoms in total. The SMILES string of the molecule is COc1c(C)cnc(CNC(C)(CO)CO)c1C. The zero-order chi connectivity index (χ0) is 13.8. The van der Waals surface area contributed by atoms with Crippen molar-refractivity contribution in [1.29, 1.82) is 0 Å². The van der Waals surface area contributed by atoms with Gasteiger partial charge in [0.2, 0.25) is 0 Å². The van der Waals surface area contributed by atoms with Gasteiger partial charge in [-0.2, -0.15) is 0 Å². The first kappa shape index (κ1) is 14.9. The zero-order valence-corrected chi connectivity index (χ0v) is 11.4. The van der Waals surface area contributed by atoms with Crippen LogP contribution < -0.4 is 10.1 Å². The van der Waals surface area contributed by atoms with Crippen molar-refractivity contribution in [2.24, 2.45) is 0 Å². The van der Waals surface area contributed by atoms with Crippen LogP contribution in [-0.2, 0) is 6.54 Å². The summed E-state index contributed by atoms with van der Waals surface area (Å²) in [6.45, 7) is 5.86. The van der Waals surface area contributed by atoms with Gasteiger partial charge < -0.3 is 20.3 Å². The minimum absolute atomic E-state index is 0.133. The number of methoxy groups -OCH3 is 1. The molecule has 0 aliphatic rings. The van der Waals surface area contributed by atoms with Crippen LogP contribution in [-0.4, -0.2) is 41.1 Å². The van der Waals surface area contributed by atoms with Crippen LogP contribution in [0, 0.1) is 13.8 Å². The number of aliphatic hydroxyl groups is 2. The highest BCUT2D eigenvalue weighted by molar-refractivity contribution is 5.41. The van der Waals surface area contributed by atoms with Crippen LogP contribution in [0.5, 0.6) is 5.75 Å². The van der Waals surface area contributed by atoms with Crippen molar-refractivity contribution in [2.45, 2.75) is 32.9 Å². The summed E-state index contributed by atoms with van der Waals surface area (Å²) < 4.78 is 5.33. The minimum atomic E-state index is -0.702. The summed E-state index contributed by atoms with van der Waals surface area (Å²) in [5.41, 5.74) is 2.12. The van der Waals surface area contributed by atoms with Gasteiger partial charge in [0.1, 0.15) is 5.75 Å². The van der Waals surface area contributed by atoms with E-state index in [4.69, 9.17) is 4.74 Å². The second-order valence-corrected chi connectivity index (χ2v) is 4.78. The molecule has 1 aromatic heterocycles. The summed E-state index contributed by atoms with van der Waals surface area (Å²) in [4.78, 5) is 4.35. The smallest absolute Gasteiger partial charge is 0.128 e. The Morgan fingerprint density at radius 2 is 1.94 bits per heavy atom. The Labute approximate surface area is 108 Å². The molecule has 1 aromatic rings. The van der Waals surface area contributed by atoms with Crippen LogP contribution >= 0.6 is 0 Å². The molecule has 0 saturated carbocycles. The first-order valence-electron chi connectivity index (χ1n) is 5.93. The fourth-order valence-corrected chi connectivity index (χ4v) is 1.71. The van der Waals surface area contributed by atoms with Crippen molar-refractivity contribution < 1.29 is 14.9 Å². The molecule has 0 aliphatic carbocycles. The van der Waals surface area contributed by atoms with Crippen LogP contribution in [0.2, 0.25) is 0 Å². The number of pyridine rings is 1. The number of nitrogens with one attached hydrogen (secondary N) is 1. The molecule has 3 N–H and O–H groups in total. The lowest BCUT2D eigenvalue weighted by atomic mass is 10.0. The van der Waals surface area contributed by atoms with Crippen molar-refractivity contribution in [3.05, 3.63) is 23.0 Å². The highest BCUT2D eigenvalue weighted by atomic mass is 16.5. The predicted molar refractivity (Wildman–Crippen MR) is 69.7 cm³/mol. The Bertz CT molecular complexity index is 403. The third kappa shape index (κ3) is 3.19. The molecular formula is C13H22N2O3. The van der Waals surface area contributed by atoms with Gasteiger partial charge in [0, 0.05) is 23.9 Å². The minimum Gasteiger partial charge on any atom is -0.496 e. The number of aromatic nitrogens is 1. The molecule has 0 fully saturated rings. The molecule has 0 saturated heterocycles. The molecule has 102 valence electrons. The average molecular weight is 254 g/mol. The van der Waals surface area contributed by atoms with E-state index >= 15 is 0 Å². The third-order valence-corrected chi connectivity index (χ3v) is 3.13. The number of aryl methyl sites for hydroxylation is 1. The van der Waals surface area contributed by atoms with E-state index in [2.05, 4.69) is 10.3 Å². The summed E-state index contributed by atoms with van der Waals surface area (Å²) in [6, 6.07) is 0. The van der Waals surface area contributed by atoms with Crippen molar-refractivity contribution in [1.82, 2.24) is 10.3 Å². The van der Waals surface area contributed by atoms with E-state index in [9.17, 15) is 10.2 Å². The summed E-state index contributed by atoms with van der Waals surface area (Å²) in [7, 11) is 1.64. The Morgan fingerprint density at radius 1 is 1.33 bits per heavy atom. The predicted octanol–water partition coefficient (Wildman–Crippen LogP) is 0.540. The van der Waals surface area contributed by atoms with E-state index in [0.717, 1.165) is 22.6 Å². The summed E-state index contributed by atoms with van der Waals surface area (Å²) in [5.74, 6) is 0.830. The number of ether oxygens (including phenoxy) is 1. The van der Waals surface area contributed by atoms with Gasteiger partial charge in [-0.3, -0.25) is 4.98 Å². The molecule has 0 unspecified atom stereocenters. The lowest BCUT2D eigenvalue weighted by molar-refractivity contribution is 0.103. The van der Waals surface area contributed by atoms with E-state index in [1.165, 1.54) is 0 Å². The highest BCUT2D eigenvalue weighted by Crippen LogP contribution is 2.24. The van der Waals surface area contributed by atoms with E-state index < -0.39 is 5.54 Å². The van der Waals surface area contributed by atoms with Crippen molar-refractivity contribution in [3.8, 4) is 5.75 Å². The van der Waals surface area contributed by atoms with Crippen LogP contribution in [0.25, 0.3) is 0 Å².